The van der Waals surface area contributed by atoms with Crippen LogP contribution >= 0.6 is 0 Å². The normalized spacial score (nSPS) is 9.85. The summed E-state index contributed by atoms with van der Waals surface area (Å²) in [5, 5.41) is 27.3. The Hall–Kier alpha value is -3.67. The first kappa shape index (κ1) is 31.5. The van der Waals surface area contributed by atoms with Crippen LogP contribution in [0, 0.1) is 15.3 Å². The number of aromatic nitrogens is 2. The second-order valence-corrected chi connectivity index (χ2v) is 6.05. The smallest absolute Gasteiger partial charge is 0.548 e. The quantitative estimate of drug-likeness (QED) is 0.131. The number of nitrogens with two attached hydrogens (primary N) is 1. The van der Waals surface area contributed by atoms with Crippen molar-refractivity contribution in [2.45, 2.75) is 12.5 Å². The van der Waals surface area contributed by atoms with E-state index in [1.165, 1.54) is 0 Å². The van der Waals surface area contributed by atoms with Crippen molar-refractivity contribution in [2.24, 2.45) is 5.73 Å². The molecule has 1 radical (unpaired) electrons. The first-order valence-corrected chi connectivity index (χ1v) is 8.79. The molecule has 2 aromatic carbocycles. The second-order valence-electron chi connectivity index (χ2n) is 6.05. The summed E-state index contributed by atoms with van der Waals surface area (Å²) in [7, 11) is 0. The largest absolute Gasteiger partial charge is 2.00 e. The Morgan fingerprint density at radius 2 is 1.30 bits per heavy atom. The summed E-state index contributed by atoms with van der Waals surface area (Å²) >= 11 is 0. The summed E-state index contributed by atoms with van der Waals surface area (Å²) in [5.74, 6) is -1.21. The van der Waals surface area contributed by atoms with Crippen LogP contribution in [-0.4, -0.2) is 32.5 Å². The number of hydrogen-bond acceptors (Lipinski definition) is 8. The van der Waals surface area contributed by atoms with Crippen molar-refractivity contribution in [3.63, 3.8) is 0 Å². The van der Waals surface area contributed by atoms with E-state index in [2.05, 4.69) is 34.2 Å². The summed E-state index contributed by atoms with van der Waals surface area (Å²) in [6.07, 6.45) is 3.93. The molecule has 0 saturated carbocycles. The van der Waals surface area contributed by atoms with Gasteiger partial charge in [0.05, 0.1) is 22.1 Å². The van der Waals surface area contributed by atoms with Gasteiger partial charge in [0.1, 0.15) is 0 Å². The van der Waals surface area contributed by atoms with Gasteiger partial charge in [0.25, 0.3) is 0 Å². The van der Waals surface area contributed by atoms with Crippen LogP contribution in [0.3, 0.4) is 0 Å². The van der Waals surface area contributed by atoms with Gasteiger partial charge in [-0.2, -0.15) is 0 Å². The van der Waals surface area contributed by atoms with Crippen molar-refractivity contribution in [1.29, 1.82) is 0 Å². The molecule has 4 rings (SSSR count). The van der Waals surface area contributed by atoms with Crippen LogP contribution in [0.25, 0.3) is 21.8 Å². The standard InChI is InChI=1S/C12H8N2.C9H11NO2.Cu.NO3.2H2O/c1-3-9-5-6-10-4-2-8-14-12(10)11(9)13-7-1;10-8(9(11)12)6-7-4-2-1-3-5-7;;2-1(3)4;;/h1-8H;1-5,8H,6,10H2,(H,11,12);;;2*1H2/q;;+2;-1;;/t;8-;;;;/m.1..../s1. The Labute approximate surface area is 199 Å². The monoisotopic (exact) mass is 506 g/mol. The summed E-state index contributed by atoms with van der Waals surface area (Å²) in [6, 6.07) is 20.5. The maximum absolute atomic E-state index is 10.3. The molecule has 2 heterocycles. The maximum atomic E-state index is 10.3. The van der Waals surface area contributed by atoms with E-state index in [0.717, 1.165) is 27.4 Å². The van der Waals surface area contributed by atoms with Gasteiger partial charge in [-0.1, -0.05) is 54.6 Å². The Kier molecular flexibility index (Phi) is 15.3. The summed E-state index contributed by atoms with van der Waals surface area (Å²) in [5.41, 5.74) is 8.15. The minimum Gasteiger partial charge on any atom is -0.548 e. The molecule has 7 N–H and O–H groups in total. The topological polar surface area (TPSA) is 223 Å². The Morgan fingerprint density at radius 3 is 1.70 bits per heavy atom. The van der Waals surface area contributed by atoms with Gasteiger partial charge in [0.2, 0.25) is 0 Å². The average molecular weight is 507 g/mol. The van der Waals surface area contributed by atoms with E-state index >= 15 is 0 Å². The van der Waals surface area contributed by atoms with Crippen LogP contribution in [0.2, 0.25) is 0 Å². The Morgan fingerprint density at radius 1 is 0.879 bits per heavy atom. The van der Waals surface area contributed by atoms with Crippen molar-refractivity contribution >= 4 is 27.8 Å². The van der Waals surface area contributed by atoms with Crippen molar-refractivity contribution in [3.05, 3.63) is 100 Å². The van der Waals surface area contributed by atoms with Crippen molar-refractivity contribution < 1.29 is 43.0 Å². The molecular weight excluding hydrogens is 484 g/mol. The Balaban J connectivity index is 0. The molecule has 0 aliphatic heterocycles. The SMILES string of the molecule is N[C@H](Cc1ccccc1)C(=O)[O-].O.O=[N+]([O-])[O-].[Cu+2].[OH3+].c1cnc2c(c1)ccc1cccnc12. The molecule has 0 bridgehead atoms. The van der Waals surface area contributed by atoms with Gasteiger partial charge in [-0.25, -0.2) is 0 Å². The number of benzene rings is 2. The molecule has 0 fully saturated rings. The number of carbonyl (C=O) groups excluding carboxylic acids is 1. The average Bonchev–Trinajstić information content (AvgIpc) is 2.74. The maximum Gasteiger partial charge on any atom is 2.00 e. The van der Waals surface area contributed by atoms with E-state index in [0.29, 0.717) is 6.42 Å². The molecule has 179 valence electrons. The molecule has 2 aromatic heterocycles. The fourth-order valence-corrected chi connectivity index (χ4v) is 2.63. The van der Waals surface area contributed by atoms with Crippen molar-refractivity contribution in [2.75, 3.05) is 0 Å². The van der Waals surface area contributed by atoms with Gasteiger partial charge in [-0.15, -0.1) is 0 Å². The van der Waals surface area contributed by atoms with E-state index in [9.17, 15) is 9.90 Å². The van der Waals surface area contributed by atoms with Crippen LogP contribution in [0.15, 0.2) is 79.1 Å². The molecule has 4 aromatic rings. The minimum atomic E-state index is -1.75. The fraction of sp³-hybridized carbons (Fsp3) is 0.0952. The van der Waals surface area contributed by atoms with E-state index < -0.39 is 17.1 Å². The molecule has 1 atom stereocenters. The van der Waals surface area contributed by atoms with Gasteiger partial charge in [-0.05, 0) is 24.1 Å². The third kappa shape index (κ3) is 10.5. The zero-order chi connectivity index (χ0) is 21.9. The molecular formula is C21H23CuN4O7+. The zero-order valence-electron chi connectivity index (χ0n) is 17.1. The van der Waals surface area contributed by atoms with E-state index in [1.807, 2.05) is 42.5 Å². The number of hydrogen-bond donors (Lipinski definition) is 1. The van der Waals surface area contributed by atoms with Gasteiger partial charge >= 0.3 is 17.1 Å². The van der Waals surface area contributed by atoms with Crippen LogP contribution in [0.4, 0.5) is 0 Å². The Bertz CT molecular complexity index is 1070. The van der Waals surface area contributed by atoms with Gasteiger partial charge < -0.3 is 41.9 Å². The molecule has 11 nitrogen and oxygen atoms in total. The summed E-state index contributed by atoms with van der Waals surface area (Å²) in [4.78, 5) is 27.2. The molecule has 0 unspecified atom stereocenters. The summed E-state index contributed by atoms with van der Waals surface area (Å²) < 4.78 is 0. The van der Waals surface area contributed by atoms with Gasteiger partial charge in [0, 0.05) is 29.2 Å². The van der Waals surface area contributed by atoms with E-state index in [4.69, 9.17) is 21.1 Å². The van der Waals surface area contributed by atoms with Gasteiger partial charge in [0.15, 0.2) is 0 Å². The molecule has 0 aliphatic carbocycles. The van der Waals surface area contributed by atoms with Gasteiger partial charge in [-0.3, -0.25) is 9.97 Å². The van der Waals surface area contributed by atoms with Crippen molar-refractivity contribution in [3.8, 4) is 0 Å². The number of carbonyl (C=O) groups is 1. The molecule has 0 aliphatic rings. The summed E-state index contributed by atoms with van der Waals surface area (Å²) in [6.45, 7) is 0. The number of pyridine rings is 2. The number of carboxylic acid groups (broad SMARTS) is 1. The van der Waals surface area contributed by atoms with Crippen LogP contribution in [-0.2, 0) is 33.8 Å². The third-order valence-corrected chi connectivity index (χ3v) is 3.95. The van der Waals surface area contributed by atoms with Crippen molar-refractivity contribution in [1.82, 2.24) is 9.97 Å². The van der Waals surface area contributed by atoms with E-state index in [-0.39, 0.29) is 28.0 Å². The molecule has 0 amide bonds. The predicted octanol–water partition coefficient (Wildman–Crippen LogP) is 0.101. The minimum absolute atomic E-state index is 0. The number of aliphatic carboxylic acids is 1. The van der Waals surface area contributed by atoms with Crippen LogP contribution < -0.4 is 10.8 Å². The fourth-order valence-electron chi connectivity index (χ4n) is 2.63. The number of rotatable bonds is 3. The zero-order valence-corrected chi connectivity index (χ0v) is 18.1. The first-order valence-electron chi connectivity index (χ1n) is 8.79. The first-order chi connectivity index (χ1) is 14.4. The third-order valence-electron chi connectivity index (χ3n) is 3.95. The molecule has 0 spiro atoms. The van der Waals surface area contributed by atoms with E-state index in [1.54, 1.807) is 12.4 Å². The number of fused-ring (bicyclic) bond motifs is 3. The molecule has 33 heavy (non-hydrogen) atoms. The number of carboxylic acids is 1. The second kappa shape index (κ2) is 16.0. The van der Waals surface area contributed by atoms with Crippen LogP contribution in [0.5, 0.6) is 0 Å². The molecule has 0 saturated heterocycles. The predicted molar refractivity (Wildman–Crippen MR) is 119 cm³/mol. The number of nitrogens with zero attached hydrogens (tertiary/aromatic N) is 3. The van der Waals surface area contributed by atoms with Crippen LogP contribution in [0.1, 0.15) is 5.56 Å². The molecule has 12 heteroatoms.